The van der Waals surface area contributed by atoms with Gasteiger partial charge in [-0.05, 0) is 104 Å². The highest BCUT2D eigenvalue weighted by Gasteiger charge is 2.68. The molecule has 7 atom stereocenters. The molecular formula is C39H47NO4. The van der Waals surface area contributed by atoms with Gasteiger partial charge in [-0.2, -0.15) is 5.26 Å². The van der Waals surface area contributed by atoms with Crippen LogP contribution in [0.3, 0.4) is 0 Å². The second kappa shape index (κ2) is 10.1. The van der Waals surface area contributed by atoms with Crippen molar-refractivity contribution in [3.8, 4) is 6.07 Å². The number of ether oxygens (including phenoxy) is 2. The van der Waals surface area contributed by atoms with E-state index in [4.69, 9.17) is 9.47 Å². The van der Waals surface area contributed by atoms with E-state index in [9.17, 15) is 14.9 Å². The first kappa shape index (κ1) is 30.8. The van der Waals surface area contributed by atoms with Gasteiger partial charge in [0.15, 0.2) is 5.78 Å². The molecule has 0 aromatic heterocycles. The molecule has 44 heavy (non-hydrogen) atoms. The second-order valence-corrected chi connectivity index (χ2v) is 15.6. The molecule has 232 valence electrons. The summed E-state index contributed by atoms with van der Waals surface area (Å²) >= 11 is 0. The van der Waals surface area contributed by atoms with Crippen molar-refractivity contribution >= 4 is 11.8 Å². The molecule has 1 aromatic carbocycles. The lowest BCUT2D eigenvalue weighted by molar-refractivity contribution is -0.183. The van der Waals surface area contributed by atoms with Crippen molar-refractivity contribution in [2.45, 2.75) is 98.7 Å². The largest absolute Gasteiger partial charge is 0.460 e. The quantitative estimate of drug-likeness (QED) is 0.199. The summed E-state index contributed by atoms with van der Waals surface area (Å²) < 4.78 is 12.0. The van der Waals surface area contributed by atoms with Crippen LogP contribution in [-0.2, 0) is 25.7 Å². The Labute approximate surface area is 263 Å². The molecule has 1 aromatic rings. The van der Waals surface area contributed by atoms with Crippen LogP contribution in [0.5, 0.6) is 0 Å². The van der Waals surface area contributed by atoms with E-state index in [0.717, 1.165) is 61.7 Å². The first-order valence-electron chi connectivity index (χ1n) is 16.3. The molecule has 0 spiro atoms. The Kier molecular flexibility index (Phi) is 7.10. The van der Waals surface area contributed by atoms with E-state index in [-0.39, 0.29) is 33.4 Å². The van der Waals surface area contributed by atoms with Crippen molar-refractivity contribution in [2.24, 2.45) is 33.0 Å². The number of hydrogen-bond acceptors (Lipinski definition) is 5. The number of nitriles is 1. The molecule has 0 aliphatic heterocycles. The zero-order valence-corrected chi connectivity index (χ0v) is 27.5. The van der Waals surface area contributed by atoms with Crippen molar-refractivity contribution in [1.82, 2.24) is 0 Å². The number of methoxy groups -OCH3 is 1. The molecule has 3 fully saturated rings. The lowest BCUT2D eigenvalue weighted by atomic mass is 9.34. The van der Waals surface area contributed by atoms with E-state index in [1.807, 2.05) is 37.3 Å². The lowest BCUT2D eigenvalue weighted by Crippen LogP contribution is -2.62. The zero-order chi connectivity index (χ0) is 31.8. The average molecular weight is 594 g/mol. The third-order valence-corrected chi connectivity index (χ3v) is 13.5. The van der Waals surface area contributed by atoms with Crippen molar-refractivity contribution in [2.75, 3.05) is 7.11 Å². The number of fused-ring (bicyclic) bond motifs is 7. The molecular weight excluding hydrogens is 546 g/mol. The standard InChI is InChI=1S/C39H47NO4/c1-34-16-17-35(2,33(42)44-25-26-11-9-8-10-12-26)24-32(34)38(5)21-19-36(3)29-23-30(41)28(15-22-40)39(6,43-7)27(29)13-14-31(36)37(38,4)20-18-34/h8-15,23,32H,16-21,24-25H2,1-7H3/b28-15-/t32-,34-,35-,36+,37-,38+,39+/m1/s1. The first-order chi connectivity index (χ1) is 20.7. The van der Waals surface area contributed by atoms with Crippen LogP contribution in [-0.4, -0.2) is 24.5 Å². The number of ketones is 1. The summed E-state index contributed by atoms with van der Waals surface area (Å²) in [5, 5.41) is 9.44. The Morgan fingerprint density at radius 2 is 1.66 bits per heavy atom. The van der Waals surface area contributed by atoms with Crippen LogP contribution < -0.4 is 0 Å². The monoisotopic (exact) mass is 593 g/mol. The van der Waals surface area contributed by atoms with E-state index >= 15 is 0 Å². The van der Waals surface area contributed by atoms with Gasteiger partial charge in [0.1, 0.15) is 12.2 Å². The van der Waals surface area contributed by atoms with Crippen LogP contribution >= 0.6 is 0 Å². The highest BCUT2D eigenvalue weighted by Crippen LogP contribution is 2.75. The highest BCUT2D eigenvalue weighted by molar-refractivity contribution is 6.09. The van der Waals surface area contributed by atoms with Crippen molar-refractivity contribution in [1.29, 1.82) is 5.26 Å². The van der Waals surface area contributed by atoms with Crippen LogP contribution in [0, 0.1) is 44.3 Å². The summed E-state index contributed by atoms with van der Waals surface area (Å²) in [5.41, 5.74) is 3.06. The number of benzene rings is 1. The minimum absolute atomic E-state index is 0.0201. The summed E-state index contributed by atoms with van der Waals surface area (Å²) in [6.07, 6.45) is 14.4. The van der Waals surface area contributed by atoms with Gasteiger partial charge in [-0.1, -0.05) is 75.8 Å². The number of carbonyl (C=O) groups excluding carboxylic acids is 2. The summed E-state index contributed by atoms with van der Waals surface area (Å²) in [6, 6.07) is 12.0. The van der Waals surface area contributed by atoms with E-state index in [2.05, 4.69) is 52.8 Å². The Morgan fingerprint density at radius 1 is 0.955 bits per heavy atom. The molecule has 5 nitrogen and oxygen atoms in total. The Balaban J connectivity index is 1.37. The number of carbonyl (C=O) groups is 2. The summed E-state index contributed by atoms with van der Waals surface area (Å²) in [5.74, 6) is 0.150. The van der Waals surface area contributed by atoms with Gasteiger partial charge in [-0.25, -0.2) is 0 Å². The van der Waals surface area contributed by atoms with Gasteiger partial charge in [0.25, 0.3) is 0 Å². The highest BCUT2D eigenvalue weighted by atomic mass is 16.5. The molecule has 5 aliphatic carbocycles. The zero-order valence-electron chi connectivity index (χ0n) is 27.5. The fraction of sp³-hybridized carbons (Fsp3) is 0.564. The SMILES string of the molecule is CO[C@@]1(C)C2=CC=C3[C@@](C)(CC[C@@]4(C)[C@@H]5C[C@](C)(C(=O)OCc6ccccc6)CC[C@]5(C)CC[C@]34C)C2=CC(=O)/C1=C/C#N. The predicted octanol–water partition coefficient (Wildman–Crippen LogP) is 8.38. The average Bonchev–Trinajstić information content (AvgIpc) is 3.01. The topological polar surface area (TPSA) is 76.4 Å². The van der Waals surface area contributed by atoms with Gasteiger partial charge < -0.3 is 9.47 Å². The minimum Gasteiger partial charge on any atom is -0.460 e. The molecule has 6 rings (SSSR count). The fourth-order valence-corrected chi connectivity index (χ4v) is 10.2. The normalized spacial score (nSPS) is 42.0. The number of allylic oxidation sites excluding steroid dienone is 5. The van der Waals surface area contributed by atoms with E-state index in [1.165, 1.54) is 11.6 Å². The second-order valence-electron chi connectivity index (χ2n) is 15.6. The number of esters is 1. The van der Waals surface area contributed by atoms with Gasteiger partial charge in [-0.15, -0.1) is 0 Å². The van der Waals surface area contributed by atoms with Crippen LogP contribution in [0.2, 0.25) is 0 Å². The Morgan fingerprint density at radius 3 is 2.34 bits per heavy atom. The number of rotatable bonds is 4. The van der Waals surface area contributed by atoms with Crippen LogP contribution in [0.15, 0.2) is 76.9 Å². The molecule has 0 heterocycles. The van der Waals surface area contributed by atoms with Gasteiger partial charge in [0.05, 0.1) is 11.5 Å². The van der Waals surface area contributed by atoms with E-state index in [0.29, 0.717) is 18.1 Å². The van der Waals surface area contributed by atoms with Crippen LogP contribution in [0.25, 0.3) is 0 Å². The molecule has 5 aliphatic rings. The molecule has 0 bridgehead atoms. The Hall–Kier alpha value is -3.23. The molecule has 3 saturated carbocycles. The molecule has 5 heteroatoms. The van der Waals surface area contributed by atoms with Gasteiger partial charge in [0, 0.05) is 24.2 Å². The first-order valence-corrected chi connectivity index (χ1v) is 16.3. The number of hydrogen-bond donors (Lipinski definition) is 0. The van der Waals surface area contributed by atoms with E-state index < -0.39 is 11.0 Å². The van der Waals surface area contributed by atoms with Gasteiger partial charge >= 0.3 is 5.97 Å². The summed E-state index contributed by atoms with van der Waals surface area (Å²) in [4.78, 5) is 27.2. The molecule has 0 saturated heterocycles. The molecule has 0 amide bonds. The molecule has 0 N–H and O–H groups in total. The maximum atomic E-state index is 13.7. The third-order valence-electron chi connectivity index (χ3n) is 13.5. The fourth-order valence-electron chi connectivity index (χ4n) is 10.2. The van der Waals surface area contributed by atoms with Gasteiger partial charge in [-0.3, -0.25) is 9.59 Å². The van der Waals surface area contributed by atoms with Gasteiger partial charge in [0.2, 0.25) is 0 Å². The Bertz CT molecular complexity index is 1580. The smallest absolute Gasteiger partial charge is 0.312 e. The van der Waals surface area contributed by atoms with Crippen molar-refractivity contribution < 1.29 is 19.1 Å². The van der Waals surface area contributed by atoms with Crippen molar-refractivity contribution in [3.63, 3.8) is 0 Å². The van der Waals surface area contributed by atoms with E-state index in [1.54, 1.807) is 13.2 Å². The van der Waals surface area contributed by atoms with Crippen LogP contribution in [0.1, 0.15) is 92.1 Å². The summed E-state index contributed by atoms with van der Waals surface area (Å²) in [7, 11) is 1.62. The molecule has 0 unspecified atom stereocenters. The molecule has 0 radical (unpaired) electrons. The summed E-state index contributed by atoms with van der Waals surface area (Å²) in [6.45, 7) is 14.1. The maximum Gasteiger partial charge on any atom is 0.312 e. The third kappa shape index (κ3) is 4.13. The minimum atomic E-state index is -0.972. The van der Waals surface area contributed by atoms with Crippen molar-refractivity contribution in [3.05, 3.63) is 82.5 Å². The van der Waals surface area contributed by atoms with Crippen LogP contribution in [0.4, 0.5) is 0 Å². The number of nitrogens with zero attached hydrogens (tertiary/aromatic N) is 1. The maximum absolute atomic E-state index is 13.7. The lowest BCUT2D eigenvalue weighted by Gasteiger charge is -2.70. The predicted molar refractivity (Wildman–Crippen MR) is 171 cm³/mol.